The zero-order chi connectivity index (χ0) is 18.9. The lowest BCUT2D eigenvalue weighted by Crippen LogP contribution is -2.22. The number of sulfonamides is 1. The zero-order valence-electron chi connectivity index (χ0n) is 14.0. The van der Waals surface area contributed by atoms with Crippen molar-refractivity contribution < 1.29 is 22.3 Å². The highest BCUT2D eigenvalue weighted by atomic mass is 32.2. The normalized spacial score (nSPS) is 12.5. The standard InChI is InChI=1S/C17H15FN2O4S2/c1-11-3-8-14-15(9-11)25-17(20(14)10-16(21)24-2)19-26(22,23)13-6-4-12(18)5-7-13/h3-9H,10H2,1-2H3. The van der Waals surface area contributed by atoms with Crippen molar-refractivity contribution in [2.24, 2.45) is 4.40 Å². The van der Waals surface area contributed by atoms with Crippen LogP contribution in [0.25, 0.3) is 10.2 Å². The summed E-state index contributed by atoms with van der Waals surface area (Å²) in [5, 5.41) is 0. The van der Waals surface area contributed by atoms with Crippen LogP contribution in [0.15, 0.2) is 51.8 Å². The number of hydrogen-bond donors (Lipinski definition) is 0. The highest BCUT2D eigenvalue weighted by molar-refractivity contribution is 7.90. The van der Waals surface area contributed by atoms with E-state index in [9.17, 15) is 17.6 Å². The topological polar surface area (TPSA) is 77.7 Å². The summed E-state index contributed by atoms with van der Waals surface area (Å²) in [5.74, 6) is -1.06. The van der Waals surface area contributed by atoms with Crippen molar-refractivity contribution in [3.8, 4) is 0 Å². The van der Waals surface area contributed by atoms with Gasteiger partial charge < -0.3 is 9.30 Å². The van der Waals surface area contributed by atoms with Gasteiger partial charge >= 0.3 is 5.97 Å². The van der Waals surface area contributed by atoms with Gasteiger partial charge in [-0.25, -0.2) is 4.39 Å². The summed E-state index contributed by atoms with van der Waals surface area (Å²) in [5.41, 5.74) is 1.68. The number of hydrogen-bond acceptors (Lipinski definition) is 5. The Labute approximate surface area is 153 Å². The molecule has 0 N–H and O–H groups in total. The van der Waals surface area contributed by atoms with Crippen molar-refractivity contribution in [3.63, 3.8) is 0 Å². The fraction of sp³-hybridized carbons (Fsp3) is 0.176. The molecule has 3 rings (SSSR count). The molecular weight excluding hydrogens is 379 g/mol. The van der Waals surface area contributed by atoms with E-state index in [1.807, 2.05) is 19.1 Å². The third-order valence-corrected chi connectivity index (χ3v) is 6.10. The second kappa shape index (κ2) is 7.00. The molecule has 0 aliphatic rings. The van der Waals surface area contributed by atoms with E-state index in [1.165, 1.54) is 11.7 Å². The van der Waals surface area contributed by atoms with Crippen molar-refractivity contribution in [1.82, 2.24) is 4.57 Å². The SMILES string of the molecule is COC(=O)Cn1c(=NS(=O)(=O)c2ccc(F)cc2)sc2cc(C)ccc21. The zero-order valence-corrected chi connectivity index (χ0v) is 15.6. The van der Waals surface area contributed by atoms with Gasteiger partial charge in [-0.2, -0.15) is 8.42 Å². The number of fused-ring (bicyclic) bond motifs is 1. The van der Waals surface area contributed by atoms with Crippen LogP contribution in [0.4, 0.5) is 4.39 Å². The van der Waals surface area contributed by atoms with E-state index in [-0.39, 0.29) is 16.2 Å². The molecule has 0 fully saturated rings. The lowest BCUT2D eigenvalue weighted by molar-refractivity contribution is -0.141. The molecule has 6 nitrogen and oxygen atoms in total. The number of aryl methyl sites for hydroxylation is 1. The summed E-state index contributed by atoms with van der Waals surface area (Å²) in [6, 6.07) is 9.96. The number of nitrogens with zero attached hydrogens (tertiary/aromatic N) is 2. The van der Waals surface area contributed by atoms with Crippen LogP contribution in [0.2, 0.25) is 0 Å². The molecule has 3 aromatic rings. The molecular formula is C17H15FN2O4S2. The van der Waals surface area contributed by atoms with Gasteiger partial charge in [-0.3, -0.25) is 4.79 Å². The van der Waals surface area contributed by atoms with Gasteiger partial charge in [-0.15, -0.1) is 4.40 Å². The first-order chi connectivity index (χ1) is 12.3. The van der Waals surface area contributed by atoms with Crippen LogP contribution in [-0.4, -0.2) is 26.1 Å². The molecule has 1 aromatic heterocycles. The largest absolute Gasteiger partial charge is 0.468 e. The molecule has 0 saturated carbocycles. The van der Waals surface area contributed by atoms with Crippen molar-refractivity contribution >= 4 is 37.5 Å². The summed E-state index contributed by atoms with van der Waals surface area (Å²) in [6.07, 6.45) is 0. The summed E-state index contributed by atoms with van der Waals surface area (Å²) in [4.78, 5) is 11.8. The van der Waals surface area contributed by atoms with Crippen molar-refractivity contribution in [3.05, 3.63) is 58.6 Å². The molecule has 0 aliphatic heterocycles. The van der Waals surface area contributed by atoms with E-state index in [4.69, 9.17) is 4.74 Å². The van der Waals surface area contributed by atoms with E-state index in [0.29, 0.717) is 5.52 Å². The average Bonchev–Trinajstić information content (AvgIpc) is 2.90. The third kappa shape index (κ3) is 3.68. The molecule has 1 heterocycles. The van der Waals surface area contributed by atoms with Gasteiger partial charge in [0.2, 0.25) is 4.80 Å². The van der Waals surface area contributed by atoms with Crippen LogP contribution < -0.4 is 4.80 Å². The molecule has 0 bridgehead atoms. The Bertz CT molecular complexity index is 1150. The Morgan fingerprint density at radius 1 is 1.23 bits per heavy atom. The number of carbonyl (C=O) groups is 1. The Morgan fingerprint density at radius 2 is 1.92 bits per heavy atom. The quantitative estimate of drug-likeness (QED) is 0.638. The summed E-state index contributed by atoms with van der Waals surface area (Å²) in [7, 11) is -2.80. The molecule has 0 saturated heterocycles. The minimum Gasteiger partial charge on any atom is -0.468 e. The highest BCUT2D eigenvalue weighted by Crippen LogP contribution is 2.20. The number of methoxy groups -OCH3 is 1. The van der Waals surface area contributed by atoms with Gasteiger partial charge in [0.25, 0.3) is 10.0 Å². The first-order valence-electron chi connectivity index (χ1n) is 7.53. The minimum absolute atomic E-state index is 0.128. The highest BCUT2D eigenvalue weighted by Gasteiger charge is 2.16. The van der Waals surface area contributed by atoms with Crippen LogP contribution in [0, 0.1) is 12.7 Å². The Hall–Kier alpha value is -2.52. The van der Waals surface area contributed by atoms with Gasteiger partial charge in [0.05, 0.1) is 22.2 Å². The second-order valence-electron chi connectivity index (χ2n) is 5.54. The average molecular weight is 394 g/mol. The molecule has 136 valence electrons. The maximum absolute atomic E-state index is 13.0. The molecule has 0 radical (unpaired) electrons. The molecule has 0 atom stereocenters. The van der Waals surface area contributed by atoms with Crippen LogP contribution >= 0.6 is 11.3 Å². The van der Waals surface area contributed by atoms with Gasteiger partial charge in [0.1, 0.15) is 12.4 Å². The lowest BCUT2D eigenvalue weighted by atomic mass is 10.2. The maximum Gasteiger partial charge on any atom is 0.325 e. The molecule has 0 unspecified atom stereocenters. The fourth-order valence-corrected chi connectivity index (χ4v) is 4.69. The van der Waals surface area contributed by atoms with Crippen LogP contribution in [-0.2, 0) is 26.1 Å². The number of carbonyl (C=O) groups excluding carboxylic acids is 1. The second-order valence-corrected chi connectivity index (χ2v) is 8.15. The predicted molar refractivity (Wildman–Crippen MR) is 95.7 cm³/mol. The van der Waals surface area contributed by atoms with E-state index in [2.05, 4.69) is 4.40 Å². The molecule has 9 heteroatoms. The smallest absolute Gasteiger partial charge is 0.325 e. The Balaban J connectivity index is 2.22. The van der Waals surface area contributed by atoms with Gasteiger partial charge in [0.15, 0.2) is 0 Å². The number of rotatable bonds is 4. The Kier molecular flexibility index (Phi) is 4.92. The Morgan fingerprint density at radius 3 is 2.58 bits per heavy atom. The number of esters is 1. The number of benzene rings is 2. The van der Waals surface area contributed by atoms with Crippen LogP contribution in [0.5, 0.6) is 0 Å². The molecule has 26 heavy (non-hydrogen) atoms. The fourth-order valence-electron chi connectivity index (χ4n) is 2.36. The number of thiazole rings is 1. The van der Waals surface area contributed by atoms with Gasteiger partial charge in [-0.1, -0.05) is 17.4 Å². The predicted octanol–water partition coefficient (Wildman–Crippen LogP) is 2.61. The van der Waals surface area contributed by atoms with Crippen LogP contribution in [0.1, 0.15) is 5.56 Å². The minimum atomic E-state index is -4.06. The maximum atomic E-state index is 13.0. The number of halogens is 1. The third-order valence-electron chi connectivity index (χ3n) is 3.66. The first-order valence-corrected chi connectivity index (χ1v) is 9.79. The molecule has 0 amide bonds. The van der Waals surface area contributed by atoms with E-state index in [1.54, 1.807) is 6.07 Å². The summed E-state index contributed by atoms with van der Waals surface area (Å²) >= 11 is 1.15. The van der Waals surface area contributed by atoms with E-state index in [0.717, 1.165) is 45.9 Å². The van der Waals surface area contributed by atoms with Crippen LogP contribution in [0.3, 0.4) is 0 Å². The summed E-state index contributed by atoms with van der Waals surface area (Å²) in [6.45, 7) is 1.74. The molecule has 2 aromatic carbocycles. The van der Waals surface area contributed by atoms with E-state index >= 15 is 0 Å². The molecule has 0 spiro atoms. The number of aromatic nitrogens is 1. The molecule has 0 aliphatic carbocycles. The summed E-state index contributed by atoms with van der Waals surface area (Å²) < 4.78 is 49.0. The monoisotopic (exact) mass is 394 g/mol. The van der Waals surface area contributed by atoms with Crippen molar-refractivity contribution in [1.29, 1.82) is 0 Å². The van der Waals surface area contributed by atoms with Crippen molar-refractivity contribution in [2.45, 2.75) is 18.4 Å². The van der Waals surface area contributed by atoms with Gasteiger partial charge in [-0.05, 0) is 48.9 Å². The van der Waals surface area contributed by atoms with E-state index < -0.39 is 21.8 Å². The number of ether oxygens (including phenoxy) is 1. The van der Waals surface area contributed by atoms with Crippen molar-refractivity contribution in [2.75, 3.05) is 7.11 Å². The first kappa shape index (κ1) is 18.3. The van der Waals surface area contributed by atoms with Gasteiger partial charge in [0, 0.05) is 0 Å². The lowest BCUT2D eigenvalue weighted by Gasteiger charge is -2.04.